The van der Waals surface area contributed by atoms with Crippen LogP contribution in [0.2, 0.25) is 0 Å². The summed E-state index contributed by atoms with van der Waals surface area (Å²) < 4.78 is 26.0. The predicted octanol–water partition coefficient (Wildman–Crippen LogP) is 3.12. The maximum Gasteiger partial charge on any atom is 0.337 e. The molecule has 2 aromatic carbocycles. The summed E-state index contributed by atoms with van der Waals surface area (Å²) in [7, 11) is 4.40. The van der Waals surface area contributed by atoms with Gasteiger partial charge < -0.3 is 23.5 Å². The fraction of sp³-hybridized carbons (Fsp3) is 0.211. The number of hydrogen-bond acceptors (Lipinski definition) is 8. The van der Waals surface area contributed by atoms with Crippen LogP contribution in [0.25, 0.3) is 11.4 Å². The SMILES string of the molecule is COC(=O)c1ccc(OCc2nc(-c3ccc(OC)cc3)no2)c(OC)c1. The number of methoxy groups -OCH3 is 3. The van der Waals surface area contributed by atoms with Crippen molar-refractivity contribution in [1.29, 1.82) is 0 Å². The van der Waals surface area contributed by atoms with Crippen molar-refractivity contribution in [1.82, 2.24) is 10.1 Å². The van der Waals surface area contributed by atoms with E-state index in [1.54, 1.807) is 19.2 Å². The second kappa shape index (κ2) is 8.22. The van der Waals surface area contributed by atoms with E-state index in [-0.39, 0.29) is 6.61 Å². The van der Waals surface area contributed by atoms with Crippen molar-refractivity contribution in [2.24, 2.45) is 0 Å². The summed E-state index contributed by atoms with van der Waals surface area (Å²) in [6.07, 6.45) is 0. The lowest BCUT2D eigenvalue weighted by atomic mass is 10.2. The van der Waals surface area contributed by atoms with Gasteiger partial charge in [-0.1, -0.05) is 5.16 Å². The van der Waals surface area contributed by atoms with Crippen molar-refractivity contribution in [3.8, 4) is 28.6 Å². The van der Waals surface area contributed by atoms with Crippen LogP contribution in [0.1, 0.15) is 16.2 Å². The van der Waals surface area contributed by atoms with Crippen LogP contribution < -0.4 is 14.2 Å². The lowest BCUT2D eigenvalue weighted by molar-refractivity contribution is 0.0600. The van der Waals surface area contributed by atoms with E-state index in [1.807, 2.05) is 24.3 Å². The van der Waals surface area contributed by atoms with Gasteiger partial charge in [-0.15, -0.1) is 0 Å². The zero-order valence-corrected chi connectivity index (χ0v) is 15.1. The van der Waals surface area contributed by atoms with Gasteiger partial charge in [0.1, 0.15) is 5.75 Å². The number of hydrogen-bond donors (Lipinski definition) is 0. The molecule has 140 valence electrons. The molecule has 0 aliphatic carbocycles. The van der Waals surface area contributed by atoms with Gasteiger partial charge >= 0.3 is 5.97 Å². The van der Waals surface area contributed by atoms with Gasteiger partial charge in [0.05, 0.1) is 26.9 Å². The maximum atomic E-state index is 11.6. The molecule has 0 atom stereocenters. The Morgan fingerprint density at radius 1 is 1.00 bits per heavy atom. The van der Waals surface area contributed by atoms with E-state index in [0.29, 0.717) is 28.8 Å². The second-order valence-electron chi connectivity index (χ2n) is 5.39. The number of carbonyl (C=O) groups excluding carboxylic acids is 1. The smallest absolute Gasteiger partial charge is 0.337 e. The van der Waals surface area contributed by atoms with Gasteiger partial charge in [0.25, 0.3) is 5.89 Å². The van der Waals surface area contributed by atoms with Gasteiger partial charge in [-0.2, -0.15) is 4.98 Å². The molecule has 8 heteroatoms. The normalized spacial score (nSPS) is 10.3. The summed E-state index contributed by atoms with van der Waals surface area (Å²) in [6.45, 7) is 0.0527. The molecule has 1 heterocycles. The molecule has 0 aliphatic rings. The number of esters is 1. The summed E-state index contributed by atoms with van der Waals surface area (Å²) in [4.78, 5) is 15.9. The molecule has 0 unspecified atom stereocenters. The zero-order valence-electron chi connectivity index (χ0n) is 15.1. The maximum absolute atomic E-state index is 11.6. The first-order chi connectivity index (χ1) is 13.1. The number of carbonyl (C=O) groups is 1. The summed E-state index contributed by atoms with van der Waals surface area (Å²) in [5.41, 5.74) is 1.16. The minimum absolute atomic E-state index is 0.0527. The molecule has 8 nitrogen and oxygen atoms in total. The molecule has 0 fully saturated rings. The molecular formula is C19H18N2O6. The van der Waals surface area contributed by atoms with Crippen molar-refractivity contribution in [2.75, 3.05) is 21.3 Å². The Kier molecular flexibility index (Phi) is 5.55. The molecule has 1 aromatic heterocycles. The van der Waals surface area contributed by atoms with Crippen LogP contribution in [0.3, 0.4) is 0 Å². The Labute approximate surface area is 155 Å². The Hall–Kier alpha value is -3.55. The second-order valence-corrected chi connectivity index (χ2v) is 5.39. The topological polar surface area (TPSA) is 92.9 Å². The number of rotatable bonds is 7. The first-order valence-electron chi connectivity index (χ1n) is 8.00. The average molecular weight is 370 g/mol. The number of benzene rings is 2. The predicted molar refractivity (Wildman–Crippen MR) is 95.0 cm³/mol. The number of nitrogens with zero attached hydrogens (tertiary/aromatic N) is 2. The standard InChI is InChI=1S/C19H18N2O6/c1-23-14-7-4-12(5-8-14)18-20-17(27-21-18)11-26-15-9-6-13(19(22)25-3)10-16(15)24-2/h4-10H,11H2,1-3H3. The molecule has 0 bridgehead atoms. The molecule has 0 saturated heterocycles. The van der Waals surface area contributed by atoms with Crippen LogP contribution in [-0.4, -0.2) is 37.4 Å². The molecule has 0 saturated carbocycles. The van der Waals surface area contributed by atoms with Crippen molar-refractivity contribution in [3.05, 3.63) is 53.9 Å². The van der Waals surface area contributed by atoms with E-state index in [4.69, 9.17) is 18.7 Å². The quantitative estimate of drug-likeness (QED) is 0.586. The first-order valence-corrected chi connectivity index (χ1v) is 8.00. The molecule has 3 rings (SSSR count). The van der Waals surface area contributed by atoms with Crippen LogP contribution >= 0.6 is 0 Å². The van der Waals surface area contributed by atoms with Gasteiger partial charge in [-0.25, -0.2) is 4.79 Å². The third-order valence-corrected chi connectivity index (χ3v) is 3.75. The lowest BCUT2D eigenvalue weighted by Gasteiger charge is -2.10. The number of aromatic nitrogens is 2. The highest BCUT2D eigenvalue weighted by molar-refractivity contribution is 5.90. The van der Waals surface area contributed by atoms with Crippen LogP contribution in [0.4, 0.5) is 0 Å². The Morgan fingerprint density at radius 3 is 2.44 bits per heavy atom. The molecule has 0 N–H and O–H groups in total. The zero-order chi connectivity index (χ0) is 19.2. The minimum Gasteiger partial charge on any atom is -0.497 e. The largest absolute Gasteiger partial charge is 0.497 e. The summed E-state index contributed by atoms with van der Waals surface area (Å²) >= 11 is 0. The third-order valence-electron chi connectivity index (χ3n) is 3.75. The molecular weight excluding hydrogens is 352 g/mol. The molecule has 0 spiro atoms. The van der Waals surface area contributed by atoms with Crippen molar-refractivity contribution < 1.29 is 28.3 Å². The molecule has 3 aromatic rings. The van der Waals surface area contributed by atoms with Crippen LogP contribution in [0.15, 0.2) is 47.0 Å². The molecule has 0 aliphatic heterocycles. The van der Waals surface area contributed by atoms with Crippen molar-refractivity contribution >= 4 is 5.97 Å². The highest BCUT2D eigenvalue weighted by Crippen LogP contribution is 2.29. The van der Waals surface area contributed by atoms with Crippen molar-refractivity contribution in [3.63, 3.8) is 0 Å². The molecule has 0 amide bonds. The number of ether oxygens (including phenoxy) is 4. The van der Waals surface area contributed by atoms with E-state index in [0.717, 1.165) is 11.3 Å². The third kappa shape index (κ3) is 4.17. The Morgan fingerprint density at radius 2 is 1.78 bits per heavy atom. The van der Waals surface area contributed by atoms with E-state index in [1.165, 1.54) is 20.3 Å². The fourth-order valence-electron chi connectivity index (χ4n) is 2.34. The van der Waals surface area contributed by atoms with Gasteiger partial charge in [0, 0.05) is 5.56 Å². The molecule has 27 heavy (non-hydrogen) atoms. The van der Waals surface area contributed by atoms with Crippen LogP contribution in [0.5, 0.6) is 17.2 Å². The summed E-state index contributed by atoms with van der Waals surface area (Å²) in [6, 6.07) is 12.0. The van der Waals surface area contributed by atoms with Crippen LogP contribution in [0, 0.1) is 0 Å². The molecule has 0 radical (unpaired) electrons. The Balaban J connectivity index is 1.70. The van der Waals surface area contributed by atoms with Gasteiger partial charge in [0.2, 0.25) is 5.82 Å². The van der Waals surface area contributed by atoms with Crippen LogP contribution in [-0.2, 0) is 11.3 Å². The average Bonchev–Trinajstić information content (AvgIpc) is 3.20. The highest BCUT2D eigenvalue weighted by Gasteiger charge is 2.14. The van der Waals surface area contributed by atoms with E-state index in [2.05, 4.69) is 14.9 Å². The van der Waals surface area contributed by atoms with Gasteiger partial charge in [-0.05, 0) is 42.5 Å². The first kappa shape index (κ1) is 18.2. The van der Waals surface area contributed by atoms with E-state index in [9.17, 15) is 4.79 Å². The van der Waals surface area contributed by atoms with E-state index >= 15 is 0 Å². The Bertz CT molecular complexity index is 920. The van der Waals surface area contributed by atoms with E-state index < -0.39 is 5.97 Å². The fourth-order valence-corrected chi connectivity index (χ4v) is 2.34. The monoisotopic (exact) mass is 370 g/mol. The van der Waals surface area contributed by atoms with Crippen molar-refractivity contribution in [2.45, 2.75) is 6.61 Å². The summed E-state index contributed by atoms with van der Waals surface area (Å²) in [5, 5.41) is 3.95. The minimum atomic E-state index is -0.458. The highest BCUT2D eigenvalue weighted by atomic mass is 16.5. The summed E-state index contributed by atoms with van der Waals surface area (Å²) in [5.74, 6) is 1.88. The van der Waals surface area contributed by atoms with Gasteiger partial charge in [-0.3, -0.25) is 0 Å². The lowest BCUT2D eigenvalue weighted by Crippen LogP contribution is -2.03. The van der Waals surface area contributed by atoms with Gasteiger partial charge in [0.15, 0.2) is 18.1 Å².